The van der Waals surface area contributed by atoms with E-state index >= 15 is 0 Å². The summed E-state index contributed by atoms with van der Waals surface area (Å²) >= 11 is 1.39. The second kappa shape index (κ2) is 7.47. The number of sulfonamides is 1. The largest absolute Gasteiger partial charge is 0.417 e. The van der Waals surface area contributed by atoms with Crippen molar-refractivity contribution in [1.29, 1.82) is 0 Å². The van der Waals surface area contributed by atoms with Crippen LogP contribution in [0.5, 0.6) is 0 Å². The van der Waals surface area contributed by atoms with Crippen molar-refractivity contribution in [2.75, 3.05) is 35.9 Å². The molecule has 0 atom stereocenters. The average Bonchev–Trinajstić information content (AvgIpc) is 3.11. The van der Waals surface area contributed by atoms with Gasteiger partial charge in [0.2, 0.25) is 0 Å². The maximum Gasteiger partial charge on any atom is 0.417 e. The Morgan fingerprint density at radius 3 is 2.55 bits per heavy atom. The van der Waals surface area contributed by atoms with Gasteiger partial charge in [-0.3, -0.25) is 4.72 Å². The zero-order valence-corrected chi connectivity index (χ0v) is 16.6. The summed E-state index contributed by atoms with van der Waals surface area (Å²) in [7, 11) is -4.42. The van der Waals surface area contributed by atoms with Crippen molar-refractivity contribution in [2.24, 2.45) is 0 Å². The summed E-state index contributed by atoms with van der Waals surface area (Å²) in [6.07, 6.45) is -4.78. The first-order chi connectivity index (χ1) is 13.7. The van der Waals surface area contributed by atoms with Gasteiger partial charge in [-0.15, -0.1) is 0 Å². The maximum atomic E-state index is 13.2. The highest BCUT2D eigenvalue weighted by Gasteiger charge is 2.36. The molecule has 3 aromatic rings. The summed E-state index contributed by atoms with van der Waals surface area (Å²) in [5, 5.41) is 0.797. The van der Waals surface area contributed by atoms with Crippen LogP contribution < -0.4 is 9.62 Å². The molecule has 1 aliphatic rings. The Balaban J connectivity index is 1.64. The molecule has 11 heteroatoms. The quantitative estimate of drug-likeness (QED) is 0.661. The highest BCUT2D eigenvalue weighted by molar-refractivity contribution is 7.92. The van der Waals surface area contributed by atoms with Gasteiger partial charge >= 0.3 is 6.18 Å². The van der Waals surface area contributed by atoms with E-state index in [0.717, 1.165) is 28.0 Å². The fourth-order valence-electron chi connectivity index (χ4n) is 3.01. The van der Waals surface area contributed by atoms with Crippen molar-refractivity contribution in [3.8, 4) is 0 Å². The standard InChI is InChI=1S/C18H16F3N3O3S2/c19-18(20,21)13-3-1-2-4-16(13)29(25,26)23-12-5-6-14-15(11-12)28-17(22-14)24-7-9-27-10-8-24/h1-6,11,23H,7-10H2. The van der Waals surface area contributed by atoms with Crippen molar-refractivity contribution in [3.05, 3.63) is 48.0 Å². The van der Waals surface area contributed by atoms with E-state index in [1.165, 1.54) is 23.5 Å². The number of benzene rings is 2. The first-order valence-electron chi connectivity index (χ1n) is 8.66. The van der Waals surface area contributed by atoms with E-state index in [0.29, 0.717) is 31.8 Å². The molecule has 154 valence electrons. The van der Waals surface area contributed by atoms with Crippen LogP contribution in [-0.2, 0) is 20.9 Å². The van der Waals surface area contributed by atoms with E-state index in [9.17, 15) is 21.6 Å². The lowest BCUT2D eigenvalue weighted by Gasteiger charge is -2.25. The second-order valence-electron chi connectivity index (χ2n) is 6.38. The van der Waals surface area contributed by atoms with Gasteiger partial charge in [-0.05, 0) is 30.3 Å². The van der Waals surface area contributed by atoms with Crippen LogP contribution in [0.2, 0.25) is 0 Å². The lowest BCUT2D eigenvalue weighted by molar-refractivity contribution is -0.139. The van der Waals surface area contributed by atoms with Gasteiger partial charge in [0, 0.05) is 13.1 Å². The third-order valence-electron chi connectivity index (χ3n) is 4.39. The zero-order valence-electron chi connectivity index (χ0n) is 14.9. The molecule has 29 heavy (non-hydrogen) atoms. The highest BCUT2D eigenvalue weighted by atomic mass is 32.2. The number of fused-ring (bicyclic) bond motifs is 1. The van der Waals surface area contributed by atoms with Gasteiger partial charge in [0.05, 0.1) is 39.6 Å². The third-order valence-corrected chi connectivity index (χ3v) is 6.91. The number of nitrogens with zero attached hydrogens (tertiary/aromatic N) is 2. The van der Waals surface area contributed by atoms with Gasteiger partial charge in [0.1, 0.15) is 0 Å². The Labute approximate surface area is 169 Å². The van der Waals surface area contributed by atoms with Crippen LogP contribution >= 0.6 is 11.3 Å². The fraction of sp³-hybridized carbons (Fsp3) is 0.278. The van der Waals surface area contributed by atoms with Crippen LogP contribution in [0.15, 0.2) is 47.4 Å². The minimum Gasteiger partial charge on any atom is -0.378 e. The van der Waals surface area contributed by atoms with Gasteiger partial charge < -0.3 is 9.64 Å². The van der Waals surface area contributed by atoms with Gasteiger partial charge in [-0.2, -0.15) is 13.2 Å². The molecule has 1 aliphatic heterocycles. The molecule has 1 aromatic heterocycles. The SMILES string of the molecule is O=S(=O)(Nc1ccc2nc(N3CCOCC3)sc2c1)c1ccccc1C(F)(F)F. The predicted octanol–water partition coefficient (Wildman–Crippen LogP) is 3.95. The van der Waals surface area contributed by atoms with E-state index in [-0.39, 0.29) is 5.69 Å². The van der Waals surface area contributed by atoms with Gasteiger partial charge in [0.15, 0.2) is 5.13 Å². The van der Waals surface area contributed by atoms with Crippen molar-refractivity contribution in [2.45, 2.75) is 11.1 Å². The summed E-state index contributed by atoms with van der Waals surface area (Å²) in [4.78, 5) is 5.81. The number of hydrogen-bond acceptors (Lipinski definition) is 6. The molecule has 0 radical (unpaired) electrons. The van der Waals surface area contributed by atoms with E-state index in [1.54, 1.807) is 12.1 Å². The number of nitrogens with one attached hydrogen (secondary N) is 1. The average molecular weight is 443 g/mol. The fourth-order valence-corrected chi connectivity index (χ4v) is 5.35. The monoisotopic (exact) mass is 443 g/mol. The number of halogens is 3. The molecule has 6 nitrogen and oxygen atoms in total. The molecule has 0 amide bonds. The summed E-state index contributed by atoms with van der Waals surface area (Å²) < 4.78 is 73.1. The number of anilines is 2. The lowest BCUT2D eigenvalue weighted by atomic mass is 10.2. The van der Waals surface area contributed by atoms with Gasteiger partial charge in [-0.1, -0.05) is 23.5 Å². The molecule has 2 heterocycles. The number of thiazole rings is 1. The first-order valence-corrected chi connectivity index (χ1v) is 11.0. The number of ether oxygens (including phenoxy) is 1. The van der Waals surface area contributed by atoms with Crippen molar-refractivity contribution < 1.29 is 26.3 Å². The Hall–Kier alpha value is -2.37. The topological polar surface area (TPSA) is 71.5 Å². The number of aromatic nitrogens is 1. The molecule has 0 unspecified atom stereocenters. The summed E-state index contributed by atoms with van der Waals surface area (Å²) in [6, 6.07) is 8.79. The Morgan fingerprint density at radius 2 is 1.83 bits per heavy atom. The van der Waals surface area contributed by atoms with Crippen molar-refractivity contribution in [3.63, 3.8) is 0 Å². The van der Waals surface area contributed by atoms with Crippen LogP contribution in [0.1, 0.15) is 5.56 Å². The van der Waals surface area contributed by atoms with Gasteiger partial charge in [0.25, 0.3) is 10.0 Å². The maximum absolute atomic E-state index is 13.2. The molecule has 0 bridgehead atoms. The van der Waals surface area contributed by atoms with Crippen molar-refractivity contribution >= 4 is 42.4 Å². The Kier molecular flexibility index (Phi) is 5.13. The molecule has 0 aliphatic carbocycles. The molecule has 0 saturated carbocycles. The predicted molar refractivity (Wildman–Crippen MR) is 105 cm³/mol. The highest BCUT2D eigenvalue weighted by Crippen LogP contribution is 2.35. The van der Waals surface area contributed by atoms with Gasteiger partial charge in [-0.25, -0.2) is 13.4 Å². The van der Waals surface area contributed by atoms with Crippen LogP contribution in [0.4, 0.5) is 24.0 Å². The van der Waals surface area contributed by atoms with E-state index in [4.69, 9.17) is 4.74 Å². The second-order valence-corrected chi connectivity index (χ2v) is 9.04. The van der Waals surface area contributed by atoms with E-state index in [1.807, 2.05) is 0 Å². The number of morpholine rings is 1. The van der Waals surface area contributed by atoms with E-state index < -0.39 is 26.7 Å². The number of alkyl halides is 3. The molecule has 2 aromatic carbocycles. The minimum atomic E-state index is -4.78. The number of rotatable bonds is 4. The van der Waals surface area contributed by atoms with Crippen molar-refractivity contribution in [1.82, 2.24) is 4.98 Å². The minimum absolute atomic E-state index is 0.173. The Morgan fingerprint density at radius 1 is 1.10 bits per heavy atom. The third kappa shape index (κ3) is 4.16. The zero-order chi connectivity index (χ0) is 20.6. The molecule has 4 rings (SSSR count). The summed E-state index contributed by atoms with van der Waals surface area (Å²) in [6.45, 7) is 2.65. The molecular formula is C18H16F3N3O3S2. The van der Waals surface area contributed by atoms with Crippen LogP contribution in [-0.4, -0.2) is 39.7 Å². The van der Waals surface area contributed by atoms with Crippen LogP contribution in [0, 0.1) is 0 Å². The first kappa shape index (κ1) is 19.9. The Bertz CT molecular complexity index is 1140. The smallest absolute Gasteiger partial charge is 0.378 e. The normalized spacial score (nSPS) is 15.6. The number of hydrogen-bond donors (Lipinski definition) is 1. The summed E-state index contributed by atoms with van der Waals surface area (Å²) in [5.74, 6) is 0. The molecule has 0 spiro atoms. The molecule has 1 saturated heterocycles. The van der Waals surface area contributed by atoms with Crippen LogP contribution in [0.25, 0.3) is 10.2 Å². The summed E-state index contributed by atoms with van der Waals surface area (Å²) in [5.41, 5.74) is -0.345. The molecule has 1 fully saturated rings. The van der Waals surface area contributed by atoms with Crippen LogP contribution in [0.3, 0.4) is 0 Å². The lowest BCUT2D eigenvalue weighted by Crippen LogP contribution is -2.36. The molecular weight excluding hydrogens is 427 g/mol. The van der Waals surface area contributed by atoms with E-state index in [2.05, 4.69) is 14.6 Å². The molecule has 1 N–H and O–H groups in total.